The number of nitrogens with zero attached hydrogens (tertiary/aromatic N) is 3. The molecule has 0 saturated heterocycles. The molecule has 1 fully saturated rings. The largest absolute Gasteiger partial charge is 0.385 e. The maximum Gasteiger partial charge on any atom is 0.162 e. The number of aliphatic imine (C=N–C) groups is 1. The molecule has 22 heavy (non-hydrogen) atoms. The third kappa shape index (κ3) is 1.99. The lowest BCUT2D eigenvalue weighted by Gasteiger charge is -2.41. The highest BCUT2D eigenvalue weighted by Gasteiger charge is 2.58. The van der Waals surface area contributed by atoms with Crippen molar-refractivity contribution in [3.63, 3.8) is 0 Å². The summed E-state index contributed by atoms with van der Waals surface area (Å²) in [7, 11) is 0. The lowest BCUT2D eigenvalue weighted by Crippen LogP contribution is -2.51. The Bertz CT molecular complexity index is 648. The van der Waals surface area contributed by atoms with Crippen LogP contribution in [0.2, 0.25) is 0 Å². The number of hydrogen-bond acceptors (Lipinski definition) is 6. The monoisotopic (exact) mass is 299 g/mol. The summed E-state index contributed by atoms with van der Waals surface area (Å²) >= 11 is 0. The molecule has 4 N–H and O–H groups in total. The van der Waals surface area contributed by atoms with Gasteiger partial charge < -0.3 is 11.5 Å². The number of ketones is 1. The van der Waals surface area contributed by atoms with Crippen LogP contribution in [-0.2, 0) is 4.79 Å². The lowest BCUT2D eigenvalue weighted by atomic mass is 9.58. The average Bonchev–Trinajstić information content (AvgIpc) is 2.69. The quantitative estimate of drug-likeness (QED) is 0.797. The lowest BCUT2D eigenvalue weighted by molar-refractivity contribution is -0.134. The second-order valence-corrected chi connectivity index (χ2v) is 6.57. The predicted octanol–water partition coefficient (Wildman–Crippen LogP) is 1.45. The number of carbonyl (C=O) groups is 1. The van der Waals surface area contributed by atoms with Crippen LogP contribution in [0.25, 0.3) is 0 Å². The number of carbonyl (C=O) groups excluding carboxylic acids is 1. The van der Waals surface area contributed by atoms with Gasteiger partial charge in [-0.05, 0) is 24.7 Å². The van der Waals surface area contributed by atoms with E-state index in [1.165, 1.54) is 0 Å². The summed E-state index contributed by atoms with van der Waals surface area (Å²) in [6.45, 7) is 5.92. The minimum Gasteiger partial charge on any atom is -0.385 e. The number of rotatable bonds is 2. The van der Waals surface area contributed by atoms with Gasteiger partial charge in [0.2, 0.25) is 0 Å². The van der Waals surface area contributed by atoms with Gasteiger partial charge in [0, 0.05) is 5.92 Å². The second-order valence-electron chi connectivity index (χ2n) is 6.57. The molecule has 1 heterocycles. The summed E-state index contributed by atoms with van der Waals surface area (Å²) in [5, 5.41) is 19.2. The van der Waals surface area contributed by atoms with Crippen LogP contribution in [0, 0.1) is 51.7 Å². The Morgan fingerprint density at radius 1 is 1.32 bits per heavy atom. The molecule has 6 nitrogen and oxygen atoms in total. The van der Waals surface area contributed by atoms with Gasteiger partial charge in [-0.3, -0.25) is 4.79 Å². The zero-order chi connectivity index (χ0) is 16.7. The van der Waals surface area contributed by atoms with E-state index in [0.717, 1.165) is 12.8 Å². The van der Waals surface area contributed by atoms with E-state index in [0.29, 0.717) is 0 Å². The van der Waals surface area contributed by atoms with Crippen molar-refractivity contribution in [2.75, 3.05) is 0 Å². The molecule has 0 aromatic carbocycles. The summed E-state index contributed by atoms with van der Waals surface area (Å²) in [4.78, 5) is 16.9. The molecule has 0 spiro atoms. The Morgan fingerprint density at radius 2 is 1.95 bits per heavy atom. The van der Waals surface area contributed by atoms with Gasteiger partial charge in [-0.15, -0.1) is 0 Å². The molecule has 4 unspecified atom stereocenters. The van der Waals surface area contributed by atoms with E-state index >= 15 is 0 Å². The molecule has 1 saturated carbocycles. The highest BCUT2D eigenvalue weighted by atomic mass is 16.1. The van der Waals surface area contributed by atoms with Crippen LogP contribution >= 0.6 is 0 Å². The van der Waals surface area contributed by atoms with Crippen molar-refractivity contribution in [2.24, 2.45) is 45.5 Å². The van der Waals surface area contributed by atoms with Crippen LogP contribution in [0.4, 0.5) is 0 Å². The topological polar surface area (TPSA) is 129 Å². The molecule has 1 aliphatic carbocycles. The van der Waals surface area contributed by atoms with Crippen LogP contribution in [0.3, 0.4) is 0 Å². The standard InChI is InChI=1S/C16H21N5O/c1-8(2)10-5-4-9(3)12(13(10)22)16(7-18)11(6-17)14(19)21-15(16)20/h8-10,12H,4-5,19H2,1-3H3,(H2,20,21). The molecule has 4 atom stereocenters. The summed E-state index contributed by atoms with van der Waals surface area (Å²) in [6, 6.07) is 4.07. The molecule has 6 heteroatoms. The fourth-order valence-electron chi connectivity index (χ4n) is 3.81. The maximum absolute atomic E-state index is 13.0. The molecule has 1 aliphatic heterocycles. The van der Waals surface area contributed by atoms with Gasteiger partial charge in [-0.25, -0.2) is 4.99 Å². The smallest absolute Gasteiger partial charge is 0.162 e. The summed E-state index contributed by atoms with van der Waals surface area (Å²) in [6.07, 6.45) is 1.61. The van der Waals surface area contributed by atoms with Crippen LogP contribution in [0.5, 0.6) is 0 Å². The zero-order valence-electron chi connectivity index (χ0n) is 13.1. The van der Waals surface area contributed by atoms with Crippen LogP contribution < -0.4 is 11.5 Å². The summed E-state index contributed by atoms with van der Waals surface area (Å²) in [5.74, 6) is -0.739. The van der Waals surface area contributed by atoms with E-state index < -0.39 is 11.3 Å². The van der Waals surface area contributed by atoms with Crippen LogP contribution in [0.1, 0.15) is 33.6 Å². The fraction of sp³-hybridized carbons (Fsp3) is 0.625. The first-order valence-corrected chi connectivity index (χ1v) is 7.51. The Morgan fingerprint density at radius 3 is 2.45 bits per heavy atom. The van der Waals surface area contributed by atoms with E-state index in [9.17, 15) is 15.3 Å². The van der Waals surface area contributed by atoms with Gasteiger partial charge in [0.05, 0.1) is 12.0 Å². The van der Waals surface area contributed by atoms with Gasteiger partial charge in [0.1, 0.15) is 29.1 Å². The molecule has 2 aliphatic rings. The highest BCUT2D eigenvalue weighted by molar-refractivity contribution is 6.02. The SMILES string of the molecule is CC(C)C1CCC(C)C(C2(C#N)C(N)=NC(N)=C2C#N)C1=O. The number of amidine groups is 1. The van der Waals surface area contributed by atoms with Gasteiger partial charge in [0.25, 0.3) is 0 Å². The number of Topliss-reactive ketones (excluding diaryl/α,β-unsaturated/α-hetero) is 1. The van der Waals surface area contributed by atoms with Gasteiger partial charge in [-0.2, -0.15) is 10.5 Å². The Balaban J connectivity index is 2.60. The van der Waals surface area contributed by atoms with Crippen LogP contribution in [-0.4, -0.2) is 11.6 Å². The molecule has 0 aromatic rings. The van der Waals surface area contributed by atoms with E-state index in [1.807, 2.05) is 26.8 Å². The van der Waals surface area contributed by atoms with Gasteiger partial charge in [-0.1, -0.05) is 20.8 Å². The molecule has 116 valence electrons. The van der Waals surface area contributed by atoms with Crippen molar-refractivity contribution >= 4 is 11.6 Å². The van der Waals surface area contributed by atoms with Crippen molar-refractivity contribution in [2.45, 2.75) is 33.6 Å². The highest BCUT2D eigenvalue weighted by Crippen LogP contribution is 2.49. The maximum atomic E-state index is 13.0. The third-order valence-corrected chi connectivity index (χ3v) is 5.03. The normalized spacial score (nSPS) is 35.3. The third-order valence-electron chi connectivity index (χ3n) is 5.03. The number of nitriles is 2. The van der Waals surface area contributed by atoms with Crippen molar-refractivity contribution in [1.82, 2.24) is 0 Å². The first-order valence-electron chi connectivity index (χ1n) is 7.51. The predicted molar refractivity (Wildman–Crippen MR) is 81.7 cm³/mol. The Hall–Kier alpha value is -2.34. The molecular formula is C16H21N5O. The second kappa shape index (κ2) is 5.46. The van der Waals surface area contributed by atoms with Gasteiger partial charge >= 0.3 is 0 Å². The summed E-state index contributed by atoms with van der Waals surface area (Å²) in [5.41, 5.74) is 10.2. The van der Waals surface area contributed by atoms with E-state index in [-0.39, 0.29) is 40.8 Å². The molecular weight excluding hydrogens is 278 g/mol. The van der Waals surface area contributed by atoms with Crippen molar-refractivity contribution in [3.05, 3.63) is 11.4 Å². The van der Waals surface area contributed by atoms with E-state index in [4.69, 9.17) is 11.5 Å². The average molecular weight is 299 g/mol. The van der Waals surface area contributed by atoms with E-state index in [2.05, 4.69) is 11.1 Å². The Labute approximate surface area is 130 Å². The number of hydrogen-bond donors (Lipinski definition) is 2. The first-order chi connectivity index (χ1) is 10.3. The van der Waals surface area contributed by atoms with Crippen molar-refractivity contribution in [1.29, 1.82) is 10.5 Å². The van der Waals surface area contributed by atoms with Crippen LogP contribution in [0.15, 0.2) is 16.4 Å². The molecule has 0 bridgehead atoms. The first kappa shape index (κ1) is 16.0. The van der Waals surface area contributed by atoms with Gasteiger partial charge in [0.15, 0.2) is 5.41 Å². The Kier molecular flexibility index (Phi) is 3.98. The molecule has 0 radical (unpaired) electrons. The minimum atomic E-state index is -1.51. The summed E-state index contributed by atoms with van der Waals surface area (Å²) < 4.78 is 0. The minimum absolute atomic E-state index is 0.00380. The molecule has 0 aromatic heterocycles. The van der Waals surface area contributed by atoms with Crippen molar-refractivity contribution < 1.29 is 4.79 Å². The number of nitrogens with two attached hydrogens (primary N) is 2. The van der Waals surface area contributed by atoms with E-state index in [1.54, 1.807) is 0 Å². The fourth-order valence-corrected chi connectivity index (χ4v) is 3.81. The molecule has 0 amide bonds. The zero-order valence-corrected chi connectivity index (χ0v) is 13.1. The van der Waals surface area contributed by atoms with Crippen molar-refractivity contribution in [3.8, 4) is 12.1 Å². The molecule has 2 rings (SSSR count).